The van der Waals surface area contributed by atoms with Gasteiger partial charge in [-0.3, -0.25) is 4.79 Å². The molecule has 0 saturated carbocycles. The molecule has 2 unspecified atom stereocenters. The van der Waals surface area contributed by atoms with Crippen LogP contribution in [-0.4, -0.2) is 34.8 Å². The second-order valence-electron chi connectivity index (χ2n) is 6.25. The Balaban J connectivity index is 1.56. The maximum atomic E-state index is 13.0. The van der Waals surface area contributed by atoms with Gasteiger partial charge < -0.3 is 9.80 Å². The van der Waals surface area contributed by atoms with Crippen molar-refractivity contribution in [2.75, 3.05) is 13.1 Å². The topological polar surface area (TPSA) is 23.6 Å². The van der Waals surface area contributed by atoms with E-state index in [0.29, 0.717) is 12.0 Å². The first-order chi connectivity index (χ1) is 10.3. The standard InChI is InChI=1S/C17H16N2OS/c20-17(16-8-12-3-1-2-4-15(12)21-16)19-13-7-11-5-6-18(9-13)10-14(11)19/h1-4,8,10-11,13H,5-7,9H2. The highest BCUT2D eigenvalue weighted by Gasteiger charge is 2.46. The van der Waals surface area contributed by atoms with Gasteiger partial charge in [-0.1, -0.05) is 18.2 Å². The SMILES string of the molecule is O=C(c1cc2ccccc2s1)N1C2=CN3CCC2CC1C3. The molecule has 106 valence electrons. The Morgan fingerprint density at radius 3 is 3.10 bits per heavy atom. The molecule has 3 bridgehead atoms. The maximum Gasteiger partial charge on any atom is 0.268 e. The van der Waals surface area contributed by atoms with Crippen LogP contribution in [0.5, 0.6) is 0 Å². The molecule has 4 heteroatoms. The third kappa shape index (κ3) is 1.62. The zero-order chi connectivity index (χ0) is 14.0. The Hall–Kier alpha value is -1.81. The molecule has 0 N–H and O–H groups in total. The molecule has 1 saturated heterocycles. The summed E-state index contributed by atoms with van der Waals surface area (Å²) in [4.78, 5) is 18.3. The molecule has 1 amide bonds. The number of hydrogen-bond donors (Lipinski definition) is 0. The second kappa shape index (κ2) is 4.10. The van der Waals surface area contributed by atoms with Crippen LogP contribution in [-0.2, 0) is 0 Å². The summed E-state index contributed by atoms with van der Waals surface area (Å²) in [7, 11) is 0. The first-order valence-electron chi connectivity index (χ1n) is 7.57. The van der Waals surface area contributed by atoms with Gasteiger partial charge in [-0.2, -0.15) is 0 Å². The molecular formula is C17H16N2OS. The summed E-state index contributed by atoms with van der Waals surface area (Å²) in [5, 5.41) is 1.18. The summed E-state index contributed by atoms with van der Waals surface area (Å²) in [6.07, 6.45) is 4.58. The molecular weight excluding hydrogens is 280 g/mol. The lowest BCUT2D eigenvalue weighted by Gasteiger charge is -2.38. The van der Waals surface area contributed by atoms with Gasteiger partial charge in [0.05, 0.1) is 10.9 Å². The monoisotopic (exact) mass is 296 g/mol. The summed E-state index contributed by atoms with van der Waals surface area (Å²) in [5.74, 6) is 0.809. The molecule has 1 aromatic carbocycles. The van der Waals surface area contributed by atoms with E-state index in [9.17, 15) is 4.79 Å². The third-order valence-corrected chi connectivity index (χ3v) is 6.10. The van der Waals surface area contributed by atoms with E-state index >= 15 is 0 Å². The summed E-state index contributed by atoms with van der Waals surface area (Å²) in [5.41, 5.74) is 1.26. The van der Waals surface area contributed by atoms with Crippen molar-refractivity contribution in [3.05, 3.63) is 47.1 Å². The summed E-state index contributed by atoms with van der Waals surface area (Å²) in [6.45, 7) is 2.17. The van der Waals surface area contributed by atoms with E-state index in [-0.39, 0.29) is 5.91 Å². The van der Waals surface area contributed by atoms with Crippen molar-refractivity contribution in [1.29, 1.82) is 0 Å². The summed E-state index contributed by atoms with van der Waals surface area (Å²) >= 11 is 1.62. The predicted octanol–water partition coefficient (Wildman–Crippen LogP) is 3.29. The van der Waals surface area contributed by atoms with E-state index in [0.717, 1.165) is 24.4 Å². The normalized spacial score (nSPS) is 26.6. The Morgan fingerprint density at radius 2 is 2.19 bits per heavy atom. The first kappa shape index (κ1) is 11.8. The molecule has 0 aliphatic carbocycles. The Bertz CT molecular complexity index is 743. The highest BCUT2D eigenvalue weighted by molar-refractivity contribution is 7.20. The van der Waals surface area contributed by atoms with E-state index in [1.54, 1.807) is 11.3 Å². The van der Waals surface area contributed by atoms with Crippen LogP contribution < -0.4 is 0 Å². The molecule has 3 nitrogen and oxygen atoms in total. The van der Waals surface area contributed by atoms with Crippen LogP contribution >= 0.6 is 11.3 Å². The van der Waals surface area contributed by atoms with E-state index in [1.165, 1.54) is 22.2 Å². The number of rotatable bonds is 1. The molecule has 5 rings (SSSR count). The average Bonchev–Trinajstić information content (AvgIpc) is 2.96. The first-order valence-corrected chi connectivity index (χ1v) is 8.39. The van der Waals surface area contributed by atoms with Crippen molar-refractivity contribution in [3.63, 3.8) is 0 Å². The van der Waals surface area contributed by atoms with Crippen LogP contribution in [0.2, 0.25) is 0 Å². The predicted molar refractivity (Wildman–Crippen MR) is 84.2 cm³/mol. The number of amides is 1. The van der Waals surface area contributed by atoms with Gasteiger partial charge in [-0.05, 0) is 30.4 Å². The fraction of sp³-hybridized carbons (Fsp3) is 0.353. The zero-order valence-corrected chi connectivity index (χ0v) is 12.5. The number of hydrogen-bond acceptors (Lipinski definition) is 3. The minimum absolute atomic E-state index is 0.205. The molecule has 21 heavy (non-hydrogen) atoms. The van der Waals surface area contributed by atoms with Gasteiger partial charge in [-0.15, -0.1) is 11.3 Å². The van der Waals surface area contributed by atoms with E-state index in [1.807, 2.05) is 12.1 Å². The summed E-state index contributed by atoms with van der Waals surface area (Å²) in [6, 6.07) is 10.7. The molecule has 3 aliphatic rings. The minimum atomic E-state index is 0.205. The van der Waals surface area contributed by atoms with Gasteiger partial charge >= 0.3 is 0 Å². The van der Waals surface area contributed by atoms with Gasteiger partial charge in [0.15, 0.2) is 0 Å². The van der Waals surface area contributed by atoms with Crippen molar-refractivity contribution >= 4 is 27.3 Å². The van der Waals surface area contributed by atoms with Crippen LogP contribution in [0.15, 0.2) is 42.2 Å². The highest BCUT2D eigenvalue weighted by atomic mass is 32.1. The number of nitrogens with zero attached hydrogens (tertiary/aromatic N) is 2. The Morgan fingerprint density at radius 1 is 1.29 bits per heavy atom. The van der Waals surface area contributed by atoms with E-state index < -0.39 is 0 Å². The maximum absolute atomic E-state index is 13.0. The van der Waals surface area contributed by atoms with Gasteiger partial charge in [-0.25, -0.2) is 0 Å². The molecule has 2 aromatic rings. The highest BCUT2D eigenvalue weighted by Crippen LogP contribution is 2.44. The zero-order valence-electron chi connectivity index (χ0n) is 11.7. The summed E-state index contributed by atoms with van der Waals surface area (Å²) < 4.78 is 1.20. The largest absolute Gasteiger partial charge is 0.374 e. The number of allylic oxidation sites excluding steroid dienone is 1. The van der Waals surface area contributed by atoms with Crippen molar-refractivity contribution in [2.24, 2.45) is 5.92 Å². The van der Waals surface area contributed by atoms with E-state index in [4.69, 9.17) is 0 Å². The van der Waals surface area contributed by atoms with Crippen molar-refractivity contribution in [3.8, 4) is 0 Å². The lowest BCUT2D eigenvalue weighted by molar-refractivity contribution is 0.0725. The van der Waals surface area contributed by atoms with E-state index in [2.05, 4.69) is 34.2 Å². The van der Waals surface area contributed by atoms with Crippen LogP contribution in [0.4, 0.5) is 0 Å². The Kier molecular flexibility index (Phi) is 2.31. The minimum Gasteiger partial charge on any atom is -0.374 e. The number of carbonyl (C=O) groups is 1. The Labute approximate surface area is 127 Å². The van der Waals surface area contributed by atoms with Gasteiger partial charge in [0.1, 0.15) is 0 Å². The van der Waals surface area contributed by atoms with Crippen molar-refractivity contribution in [1.82, 2.24) is 9.80 Å². The number of thiophene rings is 1. The number of benzene rings is 1. The van der Waals surface area contributed by atoms with Crippen molar-refractivity contribution < 1.29 is 4.79 Å². The van der Waals surface area contributed by atoms with Gasteiger partial charge in [0.2, 0.25) is 0 Å². The molecule has 2 atom stereocenters. The van der Waals surface area contributed by atoms with Crippen LogP contribution in [0, 0.1) is 5.92 Å². The lowest BCUT2D eigenvalue weighted by atomic mass is 9.99. The van der Waals surface area contributed by atoms with Gasteiger partial charge in [0, 0.05) is 35.6 Å². The fourth-order valence-electron chi connectivity index (χ4n) is 4.03. The van der Waals surface area contributed by atoms with Crippen LogP contribution in [0.3, 0.4) is 0 Å². The average molecular weight is 296 g/mol. The molecule has 0 radical (unpaired) electrons. The number of fused-ring (bicyclic) bond motifs is 3. The van der Waals surface area contributed by atoms with Crippen LogP contribution in [0.25, 0.3) is 10.1 Å². The smallest absolute Gasteiger partial charge is 0.268 e. The molecule has 3 aliphatic heterocycles. The third-order valence-electron chi connectivity index (χ3n) is 5.00. The van der Waals surface area contributed by atoms with Crippen molar-refractivity contribution in [2.45, 2.75) is 18.9 Å². The number of carbonyl (C=O) groups excluding carboxylic acids is 1. The fourth-order valence-corrected chi connectivity index (χ4v) is 5.03. The quantitative estimate of drug-likeness (QED) is 0.806. The molecule has 4 heterocycles. The van der Waals surface area contributed by atoms with Crippen LogP contribution in [0.1, 0.15) is 22.5 Å². The second-order valence-corrected chi connectivity index (χ2v) is 7.33. The lowest BCUT2D eigenvalue weighted by Crippen LogP contribution is -2.46. The molecule has 0 spiro atoms. The molecule has 1 fully saturated rings. The molecule has 1 aromatic heterocycles. The van der Waals surface area contributed by atoms with Gasteiger partial charge in [0.25, 0.3) is 5.91 Å².